The SMILES string of the molecule is C=C(CO)[C@@]12O[C@@H]1[C@]1(C)[C@H](C[C@H](O)C[C@@H]1C)[C@@H](O)[C@H]2O. The van der Waals surface area contributed by atoms with E-state index in [4.69, 9.17) is 4.74 Å². The molecule has 0 radical (unpaired) electrons. The van der Waals surface area contributed by atoms with Crippen LogP contribution in [0, 0.1) is 17.3 Å². The summed E-state index contributed by atoms with van der Waals surface area (Å²) in [6.07, 6.45) is -1.63. The molecule has 2 saturated carbocycles. The highest BCUT2D eigenvalue weighted by Crippen LogP contribution is 2.66. The van der Waals surface area contributed by atoms with E-state index in [9.17, 15) is 20.4 Å². The average molecular weight is 284 g/mol. The minimum atomic E-state index is -1.09. The molecule has 8 atom stereocenters. The van der Waals surface area contributed by atoms with Crippen molar-refractivity contribution in [1.82, 2.24) is 0 Å². The van der Waals surface area contributed by atoms with E-state index in [1.165, 1.54) is 0 Å². The van der Waals surface area contributed by atoms with E-state index < -0.39 is 23.9 Å². The van der Waals surface area contributed by atoms with Crippen molar-refractivity contribution in [2.45, 2.75) is 56.7 Å². The maximum Gasteiger partial charge on any atom is 0.146 e. The van der Waals surface area contributed by atoms with Gasteiger partial charge in [-0.15, -0.1) is 0 Å². The van der Waals surface area contributed by atoms with Gasteiger partial charge in [0.15, 0.2) is 0 Å². The van der Waals surface area contributed by atoms with Gasteiger partial charge in [-0.2, -0.15) is 0 Å². The number of fused-ring (bicyclic) bond motifs is 3. The lowest BCUT2D eigenvalue weighted by atomic mass is 9.51. The summed E-state index contributed by atoms with van der Waals surface area (Å²) in [4.78, 5) is 0. The molecule has 0 bridgehead atoms. The predicted molar refractivity (Wildman–Crippen MR) is 71.8 cm³/mol. The number of ether oxygens (including phenoxy) is 1. The molecule has 0 aromatic carbocycles. The molecule has 1 saturated heterocycles. The zero-order valence-electron chi connectivity index (χ0n) is 12.0. The molecule has 4 N–H and O–H groups in total. The highest BCUT2D eigenvalue weighted by atomic mass is 16.6. The van der Waals surface area contributed by atoms with Crippen LogP contribution in [0.5, 0.6) is 0 Å². The van der Waals surface area contributed by atoms with E-state index in [-0.39, 0.29) is 30.0 Å². The fourth-order valence-electron chi connectivity index (χ4n) is 4.68. The molecule has 20 heavy (non-hydrogen) atoms. The van der Waals surface area contributed by atoms with Crippen LogP contribution in [0.1, 0.15) is 26.7 Å². The lowest BCUT2D eigenvalue weighted by Gasteiger charge is -2.53. The first-order valence-corrected chi connectivity index (χ1v) is 7.31. The van der Waals surface area contributed by atoms with E-state index in [0.29, 0.717) is 18.4 Å². The Hall–Kier alpha value is -0.460. The summed E-state index contributed by atoms with van der Waals surface area (Å²) >= 11 is 0. The summed E-state index contributed by atoms with van der Waals surface area (Å²) in [6.45, 7) is 7.65. The van der Waals surface area contributed by atoms with Crippen LogP contribution in [-0.2, 0) is 4.74 Å². The highest BCUT2D eigenvalue weighted by molar-refractivity contribution is 5.36. The van der Waals surface area contributed by atoms with Crippen molar-refractivity contribution in [2.75, 3.05) is 6.61 Å². The predicted octanol–water partition coefficient (Wildman–Crippen LogP) is -0.179. The third-order valence-electron chi connectivity index (χ3n) is 6.14. The zero-order chi connectivity index (χ0) is 14.9. The number of aliphatic hydroxyl groups excluding tert-OH is 4. The van der Waals surface area contributed by atoms with Crippen molar-refractivity contribution in [3.05, 3.63) is 12.2 Å². The third-order valence-corrected chi connectivity index (χ3v) is 6.14. The summed E-state index contributed by atoms with van der Waals surface area (Å²) < 4.78 is 5.83. The first-order valence-electron chi connectivity index (χ1n) is 7.31. The molecule has 5 nitrogen and oxygen atoms in total. The summed E-state index contributed by atoms with van der Waals surface area (Å²) in [6, 6.07) is 0. The lowest BCUT2D eigenvalue weighted by molar-refractivity contribution is -0.145. The van der Waals surface area contributed by atoms with Crippen molar-refractivity contribution < 1.29 is 25.2 Å². The molecule has 0 aromatic rings. The molecule has 114 valence electrons. The molecule has 0 aromatic heterocycles. The quantitative estimate of drug-likeness (QED) is 0.417. The van der Waals surface area contributed by atoms with Crippen LogP contribution in [0.2, 0.25) is 0 Å². The Bertz CT molecular complexity index is 438. The number of rotatable bonds is 2. The molecule has 0 unspecified atom stereocenters. The molecular formula is C15H24O5. The first kappa shape index (κ1) is 14.5. The fourth-order valence-corrected chi connectivity index (χ4v) is 4.68. The average Bonchev–Trinajstić information content (AvgIpc) is 3.16. The van der Waals surface area contributed by atoms with Crippen LogP contribution in [0.25, 0.3) is 0 Å². The third kappa shape index (κ3) is 1.50. The molecule has 3 fully saturated rings. The number of hydrogen-bond acceptors (Lipinski definition) is 5. The molecule has 2 aliphatic carbocycles. The minimum absolute atomic E-state index is 0.164. The normalized spacial score (nSPS) is 57.7. The molecule has 1 aliphatic heterocycles. The second-order valence-corrected chi connectivity index (χ2v) is 6.99. The van der Waals surface area contributed by atoms with Gasteiger partial charge in [-0.1, -0.05) is 20.4 Å². The monoisotopic (exact) mass is 284 g/mol. The Kier molecular flexibility index (Phi) is 3.09. The van der Waals surface area contributed by atoms with Gasteiger partial charge in [0.2, 0.25) is 0 Å². The van der Waals surface area contributed by atoms with Gasteiger partial charge in [-0.3, -0.25) is 0 Å². The Morgan fingerprint density at radius 3 is 2.55 bits per heavy atom. The summed E-state index contributed by atoms with van der Waals surface area (Å²) in [7, 11) is 0. The topological polar surface area (TPSA) is 93.5 Å². The molecule has 1 heterocycles. The standard InChI is InChI=1S/C15H24O5/c1-7-4-9(17)5-10-11(18)12(19)15(8(2)6-16)13(20-15)14(7,10)3/h7,9-13,16-19H,2,4-6H2,1,3H3/t7-,9+,10+,11+,12+,13+,14-,15-/m0/s1. The van der Waals surface area contributed by atoms with E-state index in [0.717, 1.165) is 0 Å². The van der Waals surface area contributed by atoms with Gasteiger partial charge in [0, 0.05) is 5.41 Å². The molecule has 0 spiro atoms. The highest BCUT2D eigenvalue weighted by Gasteiger charge is 2.77. The molecule has 5 heteroatoms. The van der Waals surface area contributed by atoms with Crippen LogP contribution in [0.3, 0.4) is 0 Å². The smallest absolute Gasteiger partial charge is 0.146 e. The number of epoxide rings is 1. The van der Waals surface area contributed by atoms with E-state index in [2.05, 4.69) is 13.5 Å². The van der Waals surface area contributed by atoms with Gasteiger partial charge in [0.25, 0.3) is 0 Å². The second-order valence-electron chi connectivity index (χ2n) is 6.99. The van der Waals surface area contributed by atoms with Gasteiger partial charge in [-0.05, 0) is 30.3 Å². The van der Waals surface area contributed by atoms with E-state index >= 15 is 0 Å². The Morgan fingerprint density at radius 1 is 1.30 bits per heavy atom. The van der Waals surface area contributed by atoms with Gasteiger partial charge < -0.3 is 25.2 Å². The Balaban J connectivity index is 2.01. The van der Waals surface area contributed by atoms with Crippen LogP contribution in [0.4, 0.5) is 0 Å². The van der Waals surface area contributed by atoms with Crippen LogP contribution in [0.15, 0.2) is 12.2 Å². The zero-order valence-corrected chi connectivity index (χ0v) is 12.0. The molecule has 0 amide bonds. The van der Waals surface area contributed by atoms with Crippen molar-refractivity contribution >= 4 is 0 Å². The van der Waals surface area contributed by atoms with Crippen molar-refractivity contribution in [3.8, 4) is 0 Å². The van der Waals surface area contributed by atoms with Gasteiger partial charge in [0.05, 0.1) is 18.8 Å². The van der Waals surface area contributed by atoms with E-state index in [1.54, 1.807) is 0 Å². The van der Waals surface area contributed by atoms with E-state index in [1.807, 2.05) is 6.92 Å². The maximum absolute atomic E-state index is 10.5. The largest absolute Gasteiger partial charge is 0.393 e. The van der Waals surface area contributed by atoms with Crippen LogP contribution < -0.4 is 0 Å². The molecule has 3 aliphatic rings. The van der Waals surface area contributed by atoms with Crippen molar-refractivity contribution in [2.24, 2.45) is 17.3 Å². The van der Waals surface area contributed by atoms with Gasteiger partial charge in [0.1, 0.15) is 17.8 Å². The lowest BCUT2D eigenvalue weighted by Crippen LogP contribution is -2.62. The minimum Gasteiger partial charge on any atom is -0.393 e. The maximum atomic E-state index is 10.5. The Labute approximate surface area is 118 Å². The summed E-state index contributed by atoms with van der Waals surface area (Å²) in [5.41, 5.74) is -0.918. The fraction of sp³-hybridized carbons (Fsp3) is 0.867. The molecular weight excluding hydrogens is 260 g/mol. The first-order chi connectivity index (χ1) is 9.30. The number of aliphatic hydroxyl groups is 4. The van der Waals surface area contributed by atoms with Gasteiger partial charge >= 0.3 is 0 Å². The number of hydrogen-bond donors (Lipinski definition) is 4. The second kappa shape index (κ2) is 4.27. The van der Waals surface area contributed by atoms with Crippen LogP contribution in [-0.4, -0.2) is 57.0 Å². The van der Waals surface area contributed by atoms with Crippen LogP contribution >= 0.6 is 0 Å². The molecule has 3 rings (SSSR count). The Morgan fingerprint density at radius 2 is 1.95 bits per heavy atom. The summed E-state index contributed by atoms with van der Waals surface area (Å²) in [5.74, 6) is -0.0415. The van der Waals surface area contributed by atoms with Gasteiger partial charge in [-0.25, -0.2) is 0 Å². The van der Waals surface area contributed by atoms with Crippen molar-refractivity contribution in [3.63, 3.8) is 0 Å². The summed E-state index contributed by atoms with van der Waals surface area (Å²) in [5, 5.41) is 40.3. The van der Waals surface area contributed by atoms with Crippen molar-refractivity contribution in [1.29, 1.82) is 0 Å².